The molecule has 1 amide bonds. The van der Waals surface area contributed by atoms with E-state index in [0.717, 1.165) is 45.3 Å². The van der Waals surface area contributed by atoms with Gasteiger partial charge in [-0.25, -0.2) is 4.39 Å². The largest absolute Gasteiger partial charge is 0.354 e. The van der Waals surface area contributed by atoms with Gasteiger partial charge in [0.25, 0.3) is 0 Å². The summed E-state index contributed by atoms with van der Waals surface area (Å²) >= 11 is 6.13. The highest BCUT2D eigenvalue weighted by molar-refractivity contribution is 6.31. The number of hydrogen-bond donors (Lipinski definition) is 2. The highest BCUT2D eigenvalue weighted by Crippen LogP contribution is 2.24. The minimum atomic E-state index is -0.245. The fraction of sp³-hybridized carbons (Fsp3) is 0.611. The average Bonchev–Trinajstić information content (AvgIpc) is 3.11. The maximum absolute atomic E-state index is 14.0. The van der Waals surface area contributed by atoms with Crippen LogP contribution in [-0.4, -0.2) is 43.0 Å². The predicted molar refractivity (Wildman–Crippen MR) is 101 cm³/mol. The Morgan fingerprint density at radius 2 is 2.20 bits per heavy atom. The van der Waals surface area contributed by atoms with Crippen molar-refractivity contribution in [2.24, 2.45) is 5.92 Å². The maximum Gasteiger partial charge on any atom is 0.237 e. The van der Waals surface area contributed by atoms with Gasteiger partial charge in [0.2, 0.25) is 5.91 Å². The molecule has 2 atom stereocenters. The fourth-order valence-corrected chi connectivity index (χ4v) is 3.87. The lowest BCUT2D eigenvalue weighted by molar-refractivity contribution is -0.123. The highest BCUT2D eigenvalue weighted by Gasteiger charge is 2.25. The molecule has 0 spiro atoms. The van der Waals surface area contributed by atoms with E-state index in [4.69, 9.17) is 11.6 Å². The summed E-state index contributed by atoms with van der Waals surface area (Å²) in [6, 6.07) is 4.79. The van der Waals surface area contributed by atoms with E-state index in [0.29, 0.717) is 29.6 Å². The van der Waals surface area contributed by atoms with Crippen molar-refractivity contribution in [1.29, 1.82) is 0 Å². The Labute approximate surface area is 159 Å². The van der Waals surface area contributed by atoms with E-state index in [2.05, 4.69) is 15.5 Å². The van der Waals surface area contributed by atoms with E-state index in [1.807, 2.05) is 0 Å². The molecule has 3 rings (SSSR count). The smallest absolute Gasteiger partial charge is 0.237 e. The Morgan fingerprint density at radius 3 is 2.92 bits per heavy atom. The van der Waals surface area contributed by atoms with Crippen LogP contribution in [0, 0.1) is 11.7 Å². The van der Waals surface area contributed by atoms with Gasteiger partial charge in [-0.1, -0.05) is 17.7 Å². The number of amides is 1. The average molecular weight is 390 g/mol. The summed E-state index contributed by atoms with van der Waals surface area (Å²) < 4.78 is 14.0. The summed E-state index contributed by atoms with van der Waals surface area (Å²) in [5.74, 6) is 0.279. The lowest BCUT2D eigenvalue weighted by atomic mass is 9.97. The second-order valence-corrected chi connectivity index (χ2v) is 7.24. The van der Waals surface area contributed by atoms with Crippen LogP contribution in [0.25, 0.3) is 0 Å². The van der Waals surface area contributed by atoms with Crippen molar-refractivity contribution in [2.75, 3.05) is 26.2 Å². The summed E-state index contributed by atoms with van der Waals surface area (Å²) in [7, 11) is 0. The summed E-state index contributed by atoms with van der Waals surface area (Å²) in [6.45, 7) is 3.96. The van der Waals surface area contributed by atoms with Gasteiger partial charge in [-0.3, -0.25) is 9.69 Å². The zero-order chi connectivity index (χ0) is 16.9. The van der Waals surface area contributed by atoms with Crippen molar-refractivity contribution in [3.8, 4) is 0 Å². The number of piperidine rings is 1. The molecular formula is C18H26Cl2FN3O. The number of hydrogen-bond acceptors (Lipinski definition) is 3. The fourth-order valence-electron chi connectivity index (χ4n) is 3.64. The van der Waals surface area contributed by atoms with Crippen LogP contribution < -0.4 is 10.6 Å². The SMILES string of the molecule is Cl.O=C(NCC1CCCN(Cc2c(F)cccc2Cl)C1)C1CCCN1. The molecule has 0 bridgehead atoms. The Balaban J connectivity index is 0.00000225. The molecule has 0 aliphatic carbocycles. The van der Waals surface area contributed by atoms with E-state index in [1.165, 1.54) is 6.07 Å². The maximum atomic E-state index is 14.0. The van der Waals surface area contributed by atoms with Crippen LogP contribution in [-0.2, 0) is 11.3 Å². The number of likely N-dealkylation sites (tertiary alicyclic amines) is 1. The summed E-state index contributed by atoms with van der Waals surface area (Å²) in [5, 5.41) is 6.78. The number of nitrogens with zero attached hydrogens (tertiary/aromatic N) is 1. The third-order valence-corrected chi connectivity index (χ3v) is 5.34. The Bertz CT molecular complexity index is 561. The third kappa shape index (κ3) is 5.55. The van der Waals surface area contributed by atoms with Gasteiger partial charge in [0.1, 0.15) is 5.82 Å². The molecule has 2 fully saturated rings. The van der Waals surface area contributed by atoms with Crippen molar-refractivity contribution in [2.45, 2.75) is 38.3 Å². The predicted octanol–water partition coefficient (Wildman–Crippen LogP) is 2.98. The van der Waals surface area contributed by atoms with Gasteiger partial charge in [-0.2, -0.15) is 0 Å². The molecule has 2 heterocycles. The van der Waals surface area contributed by atoms with Crippen molar-refractivity contribution < 1.29 is 9.18 Å². The molecule has 0 saturated carbocycles. The lowest BCUT2D eigenvalue weighted by Gasteiger charge is -2.33. The zero-order valence-electron chi connectivity index (χ0n) is 14.3. The number of nitrogens with one attached hydrogen (secondary N) is 2. The van der Waals surface area contributed by atoms with Gasteiger partial charge in [0.05, 0.1) is 6.04 Å². The van der Waals surface area contributed by atoms with Crippen LogP contribution in [0.15, 0.2) is 18.2 Å². The molecule has 2 aliphatic rings. The number of carbonyl (C=O) groups excluding carboxylic acids is 1. The Hall–Kier alpha value is -0.880. The number of carbonyl (C=O) groups is 1. The molecule has 7 heteroatoms. The van der Waals surface area contributed by atoms with E-state index in [1.54, 1.807) is 12.1 Å². The molecule has 1 aromatic rings. The summed E-state index contributed by atoms with van der Waals surface area (Å²) in [6.07, 6.45) is 4.15. The first kappa shape index (κ1) is 20.4. The molecule has 2 N–H and O–H groups in total. The first-order valence-corrected chi connectivity index (χ1v) is 9.17. The minimum Gasteiger partial charge on any atom is -0.354 e. The molecule has 0 aromatic heterocycles. The van der Waals surface area contributed by atoms with Crippen LogP contribution in [0.2, 0.25) is 5.02 Å². The van der Waals surface area contributed by atoms with Gasteiger partial charge >= 0.3 is 0 Å². The topological polar surface area (TPSA) is 44.4 Å². The van der Waals surface area contributed by atoms with Crippen molar-refractivity contribution in [1.82, 2.24) is 15.5 Å². The Morgan fingerprint density at radius 1 is 1.36 bits per heavy atom. The molecule has 140 valence electrons. The second-order valence-electron chi connectivity index (χ2n) is 6.84. The lowest BCUT2D eigenvalue weighted by Crippen LogP contribution is -2.45. The first-order valence-electron chi connectivity index (χ1n) is 8.80. The monoisotopic (exact) mass is 389 g/mol. The first-order chi connectivity index (χ1) is 11.6. The van der Waals surface area contributed by atoms with Crippen LogP contribution in [0.5, 0.6) is 0 Å². The summed E-state index contributed by atoms with van der Waals surface area (Å²) in [4.78, 5) is 14.3. The van der Waals surface area contributed by atoms with Gasteiger partial charge < -0.3 is 10.6 Å². The molecule has 2 saturated heterocycles. The van der Waals surface area contributed by atoms with E-state index >= 15 is 0 Å². The standard InChI is InChI=1S/C18H25ClFN3O.ClH/c19-15-5-1-6-16(20)14(15)12-23-9-3-4-13(11-23)10-22-18(24)17-7-2-8-21-17;/h1,5-6,13,17,21H,2-4,7-12H2,(H,22,24);1H. The van der Waals surface area contributed by atoms with E-state index < -0.39 is 0 Å². The molecule has 4 nitrogen and oxygen atoms in total. The number of halogens is 3. The van der Waals surface area contributed by atoms with Crippen LogP contribution in [0.3, 0.4) is 0 Å². The minimum absolute atomic E-state index is 0. The second kappa shape index (κ2) is 9.72. The van der Waals surface area contributed by atoms with Gasteiger partial charge in [0, 0.05) is 30.2 Å². The molecule has 0 radical (unpaired) electrons. The van der Waals surface area contributed by atoms with Crippen LogP contribution >= 0.6 is 24.0 Å². The molecule has 1 aromatic carbocycles. The Kier molecular flexibility index (Phi) is 7.94. The highest BCUT2D eigenvalue weighted by atomic mass is 35.5. The van der Waals surface area contributed by atoms with E-state index in [9.17, 15) is 9.18 Å². The molecule has 2 unspecified atom stereocenters. The molecular weight excluding hydrogens is 364 g/mol. The number of rotatable bonds is 5. The van der Waals surface area contributed by atoms with Gasteiger partial charge in [-0.05, 0) is 56.8 Å². The van der Waals surface area contributed by atoms with Crippen molar-refractivity contribution >= 4 is 29.9 Å². The quantitative estimate of drug-likeness (QED) is 0.813. The zero-order valence-corrected chi connectivity index (χ0v) is 15.8. The van der Waals surface area contributed by atoms with Crippen molar-refractivity contribution in [3.05, 3.63) is 34.6 Å². The summed E-state index contributed by atoms with van der Waals surface area (Å²) in [5.41, 5.74) is 0.569. The molecule has 25 heavy (non-hydrogen) atoms. The number of benzene rings is 1. The third-order valence-electron chi connectivity index (χ3n) is 4.99. The van der Waals surface area contributed by atoms with Crippen LogP contribution in [0.1, 0.15) is 31.2 Å². The van der Waals surface area contributed by atoms with Crippen molar-refractivity contribution in [3.63, 3.8) is 0 Å². The molecule has 2 aliphatic heterocycles. The van der Waals surface area contributed by atoms with Gasteiger partial charge in [-0.15, -0.1) is 12.4 Å². The van der Waals surface area contributed by atoms with Gasteiger partial charge in [0.15, 0.2) is 0 Å². The normalized spacial score (nSPS) is 23.9. The van der Waals surface area contributed by atoms with E-state index in [-0.39, 0.29) is 30.2 Å². The van der Waals surface area contributed by atoms with Crippen LogP contribution in [0.4, 0.5) is 4.39 Å².